The zero-order chi connectivity index (χ0) is 16.9. The Labute approximate surface area is 141 Å². The summed E-state index contributed by atoms with van der Waals surface area (Å²) >= 11 is 0. The SMILES string of the molecule is Cc1ccccc1-c1cc(NC(=O)C2CCCOC2)n(CCO)n1. The number of hydrogen-bond acceptors (Lipinski definition) is 4. The summed E-state index contributed by atoms with van der Waals surface area (Å²) in [5, 5.41) is 16.8. The molecule has 0 aliphatic carbocycles. The number of hydrogen-bond donors (Lipinski definition) is 2. The largest absolute Gasteiger partial charge is 0.394 e. The van der Waals surface area contributed by atoms with Gasteiger partial charge in [-0.05, 0) is 25.3 Å². The minimum atomic E-state index is -0.127. The molecule has 1 fully saturated rings. The van der Waals surface area contributed by atoms with Gasteiger partial charge in [0.15, 0.2) is 0 Å². The quantitative estimate of drug-likeness (QED) is 0.882. The highest BCUT2D eigenvalue weighted by molar-refractivity contribution is 5.92. The van der Waals surface area contributed by atoms with Gasteiger partial charge in [0.2, 0.25) is 5.91 Å². The molecule has 6 heteroatoms. The predicted octanol–water partition coefficient (Wildman–Crippen LogP) is 2.22. The molecule has 1 unspecified atom stereocenters. The van der Waals surface area contributed by atoms with Crippen LogP contribution in [0.2, 0.25) is 0 Å². The van der Waals surface area contributed by atoms with Gasteiger partial charge in [0.1, 0.15) is 5.82 Å². The van der Waals surface area contributed by atoms with Gasteiger partial charge in [0, 0.05) is 18.2 Å². The number of ether oxygens (including phenoxy) is 1. The van der Waals surface area contributed by atoms with E-state index in [4.69, 9.17) is 4.74 Å². The number of nitrogens with one attached hydrogen (secondary N) is 1. The van der Waals surface area contributed by atoms with Gasteiger partial charge >= 0.3 is 0 Å². The number of rotatable bonds is 5. The van der Waals surface area contributed by atoms with Crippen LogP contribution in [-0.2, 0) is 16.1 Å². The Kier molecular flexibility index (Phi) is 5.27. The molecule has 0 spiro atoms. The van der Waals surface area contributed by atoms with E-state index in [1.54, 1.807) is 4.68 Å². The average molecular weight is 329 g/mol. The highest BCUT2D eigenvalue weighted by atomic mass is 16.5. The Morgan fingerprint density at radius 3 is 3.00 bits per heavy atom. The summed E-state index contributed by atoms with van der Waals surface area (Å²) < 4.78 is 7.03. The number of aromatic nitrogens is 2. The van der Waals surface area contributed by atoms with Crippen LogP contribution in [-0.4, -0.2) is 40.6 Å². The average Bonchev–Trinajstić information content (AvgIpc) is 2.99. The summed E-state index contributed by atoms with van der Waals surface area (Å²) in [5.74, 6) is 0.432. The smallest absolute Gasteiger partial charge is 0.230 e. The van der Waals surface area contributed by atoms with Crippen LogP contribution in [0.1, 0.15) is 18.4 Å². The van der Waals surface area contributed by atoms with Crippen molar-refractivity contribution in [2.75, 3.05) is 25.1 Å². The van der Waals surface area contributed by atoms with Gasteiger partial charge in [-0.3, -0.25) is 4.79 Å². The monoisotopic (exact) mass is 329 g/mol. The molecule has 1 aromatic heterocycles. The molecule has 2 N–H and O–H groups in total. The van der Waals surface area contributed by atoms with Crippen LogP contribution in [0.3, 0.4) is 0 Å². The number of aliphatic hydroxyl groups is 1. The zero-order valence-electron chi connectivity index (χ0n) is 13.9. The van der Waals surface area contributed by atoms with Crippen LogP contribution in [0.4, 0.5) is 5.82 Å². The lowest BCUT2D eigenvalue weighted by Gasteiger charge is -2.21. The van der Waals surface area contributed by atoms with Crippen molar-refractivity contribution in [2.45, 2.75) is 26.3 Å². The number of carbonyl (C=O) groups is 1. The molecule has 1 aliphatic heterocycles. The third-order valence-corrected chi connectivity index (χ3v) is 4.30. The van der Waals surface area contributed by atoms with Crippen molar-refractivity contribution in [3.8, 4) is 11.3 Å². The molecular weight excluding hydrogens is 306 g/mol. The summed E-state index contributed by atoms with van der Waals surface area (Å²) in [6.07, 6.45) is 1.74. The van der Waals surface area contributed by atoms with Crippen LogP contribution in [0.5, 0.6) is 0 Å². The van der Waals surface area contributed by atoms with Crippen LogP contribution < -0.4 is 5.32 Å². The predicted molar refractivity (Wildman–Crippen MR) is 91.7 cm³/mol. The Hall–Kier alpha value is -2.18. The van der Waals surface area contributed by atoms with Gasteiger partial charge in [-0.2, -0.15) is 5.10 Å². The Morgan fingerprint density at radius 1 is 1.46 bits per heavy atom. The van der Waals surface area contributed by atoms with Gasteiger partial charge in [-0.15, -0.1) is 0 Å². The van der Waals surface area contributed by atoms with E-state index in [0.29, 0.717) is 19.0 Å². The van der Waals surface area contributed by atoms with E-state index in [1.807, 2.05) is 37.3 Å². The van der Waals surface area contributed by atoms with Gasteiger partial charge < -0.3 is 15.2 Å². The van der Waals surface area contributed by atoms with E-state index < -0.39 is 0 Å². The van der Waals surface area contributed by atoms with E-state index in [-0.39, 0.29) is 18.4 Å². The second-order valence-electron chi connectivity index (χ2n) is 6.08. The van der Waals surface area contributed by atoms with Gasteiger partial charge in [-0.25, -0.2) is 4.68 Å². The van der Waals surface area contributed by atoms with E-state index in [2.05, 4.69) is 10.4 Å². The second-order valence-corrected chi connectivity index (χ2v) is 6.08. The highest BCUT2D eigenvalue weighted by Crippen LogP contribution is 2.25. The second kappa shape index (κ2) is 7.59. The van der Waals surface area contributed by atoms with Crippen LogP contribution in [0.25, 0.3) is 11.3 Å². The van der Waals surface area contributed by atoms with Crippen molar-refractivity contribution in [3.63, 3.8) is 0 Å². The highest BCUT2D eigenvalue weighted by Gasteiger charge is 2.23. The molecule has 24 heavy (non-hydrogen) atoms. The number of aliphatic hydroxyl groups excluding tert-OH is 1. The fourth-order valence-electron chi connectivity index (χ4n) is 2.95. The minimum absolute atomic E-state index is 0.0374. The normalized spacial score (nSPS) is 17.7. The number of aryl methyl sites for hydroxylation is 1. The van der Waals surface area contributed by atoms with Crippen LogP contribution >= 0.6 is 0 Å². The van der Waals surface area contributed by atoms with E-state index in [0.717, 1.165) is 36.3 Å². The lowest BCUT2D eigenvalue weighted by atomic mass is 10.0. The molecule has 1 saturated heterocycles. The van der Waals surface area contributed by atoms with E-state index >= 15 is 0 Å². The molecule has 2 aromatic rings. The Bertz CT molecular complexity index is 705. The number of anilines is 1. The Balaban J connectivity index is 1.83. The summed E-state index contributed by atoms with van der Waals surface area (Å²) in [4.78, 5) is 12.4. The van der Waals surface area contributed by atoms with Crippen LogP contribution in [0.15, 0.2) is 30.3 Å². The summed E-state index contributed by atoms with van der Waals surface area (Å²) in [7, 11) is 0. The molecule has 1 aromatic carbocycles. The third kappa shape index (κ3) is 3.66. The van der Waals surface area contributed by atoms with Gasteiger partial charge in [0.05, 0.1) is 31.4 Å². The van der Waals surface area contributed by atoms with E-state index in [1.165, 1.54) is 0 Å². The summed E-state index contributed by atoms with van der Waals surface area (Å²) in [6, 6.07) is 9.83. The first kappa shape index (κ1) is 16.7. The molecule has 2 heterocycles. The number of benzene rings is 1. The van der Waals surface area contributed by atoms with Crippen molar-refractivity contribution in [1.29, 1.82) is 0 Å². The summed E-state index contributed by atoms with van der Waals surface area (Å²) in [5.41, 5.74) is 2.92. The summed E-state index contributed by atoms with van der Waals surface area (Å²) in [6.45, 7) is 3.51. The molecule has 1 amide bonds. The first-order chi connectivity index (χ1) is 11.7. The number of nitrogens with zero attached hydrogens (tertiary/aromatic N) is 2. The van der Waals surface area contributed by atoms with Crippen molar-refractivity contribution >= 4 is 11.7 Å². The zero-order valence-corrected chi connectivity index (χ0v) is 13.9. The van der Waals surface area contributed by atoms with Crippen molar-refractivity contribution in [1.82, 2.24) is 9.78 Å². The molecule has 128 valence electrons. The molecular formula is C18H23N3O3. The van der Waals surface area contributed by atoms with Gasteiger partial charge in [0.25, 0.3) is 0 Å². The Morgan fingerprint density at radius 2 is 2.29 bits per heavy atom. The lowest BCUT2D eigenvalue weighted by Crippen LogP contribution is -2.31. The fraction of sp³-hybridized carbons (Fsp3) is 0.444. The minimum Gasteiger partial charge on any atom is -0.394 e. The van der Waals surface area contributed by atoms with Crippen molar-refractivity contribution in [3.05, 3.63) is 35.9 Å². The molecule has 3 rings (SSSR count). The first-order valence-corrected chi connectivity index (χ1v) is 8.32. The number of amides is 1. The first-order valence-electron chi connectivity index (χ1n) is 8.32. The number of carbonyl (C=O) groups excluding carboxylic acids is 1. The van der Waals surface area contributed by atoms with Crippen molar-refractivity contribution in [2.24, 2.45) is 5.92 Å². The fourth-order valence-corrected chi connectivity index (χ4v) is 2.95. The molecule has 0 bridgehead atoms. The maximum absolute atomic E-state index is 12.4. The molecule has 0 saturated carbocycles. The lowest BCUT2D eigenvalue weighted by molar-refractivity contribution is -0.123. The topological polar surface area (TPSA) is 76.4 Å². The standard InChI is InChI=1S/C18H23N3O3/c1-13-5-2-3-7-15(13)16-11-17(21(20-16)8-9-22)19-18(23)14-6-4-10-24-12-14/h2-3,5,7,11,14,22H,4,6,8-10,12H2,1H3,(H,19,23). The third-order valence-electron chi connectivity index (χ3n) is 4.30. The molecule has 6 nitrogen and oxygen atoms in total. The van der Waals surface area contributed by atoms with Crippen LogP contribution in [0, 0.1) is 12.8 Å². The maximum Gasteiger partial charge on any atom is 0.230 e. The molecule has 0 radical (unpaired) electrons. The maximum atomic E-state index is 12.4. The molecule has 1 atom stereocenters. The van der Waals surface area contributed by atoms with Crippen molar-refractivity contribution < 1.29 is 14.6 Å². The molecule has 1 aliphatic rings. The van der Waals surface area contributed by atoms with Gasteiger partial charge in [-0.1, -0.05) is 24.3 Å². The van der Waals surface area contributed by atoms with E-state index in [9.17, 15) is 9.90 Å².